The van der Waals surface area contributed by atoms with Gasteiger partial charge in [-0.2, -0.15) is 57.1 Å². The summed E-state index contributed by atoms with van der Waals surface area (Å²) >= 11 is 0. The largest absolute Gasteiger partial charge is 0.462 e. The van der Waals surface area contributed by atoms with Crippen LogP contribution in [0.1, 0.15) is 47.0 Å². The van der Waals surface area contributed by atoms with Gasteiger partial charge in [-0.3, -0.25) is 4.79 Å². The van der Waals surface area contributed by atoms with E-state index in [0.29, 0.717) is 6.92 Å². The molecular weight excluding hydrogens is 515 g/mol. The van der Waals surface area contributed by atoms with Crippen LogP contribution in [0, 0.1) is 5.41 Å². The van der Waals surface area contributed by atoms with Gasteiger partial charge in [0.25, 0.3) is 0 Å². The molecule has 17 heteroatoms. The van der Waals surface area contributed by atoms with Crippen molar-refractivity contribution in [2.24, 2.45) is 5.41 Å². The predicted molar refractivity (Wildman–Crippen MR) is 84.6 cm³/mol. The Bertz CT molecular complexity index is 790. The fraction of sp³-hybridized carbons (Fsp3) is 0.941. The summed E-state index contributed by atoms with van der Waals surface area (Å²) in [5, 5.41) is 10.0. The third-order valence-electron chi connectivity index (χ3n) is 6.14. The highest BCUT2D eigenvalue weighted by Gasteiger charge is 2.96. The van der Waals surface area contributed by atoms with Crippen molar-refractivity contribution in [3.63, 3.8) is 0 Å². The van der Waals surface area contributed by atoms with Crippen LogP contribution >= 0.6 is 0 Å². The highest BCUT2D eigenvalue weighted by Crippen LogP contribution is 2.68. The zero-order chi connectivity index (χ0) is 27.6. The molecule has 1 rings (SSSR count). The van der Waals surface area contributed by atoms with Gasteiger partial charge in [0.05, 0.1) is 0 Å². The van der Waals surface area contributed by atoms with Crippen LogP contribution in [-0.2, 0) is 14.3 Å². The predicted octanol–water partition coefficient (Wildman–Crippen LogP) is 5.92. The molecule has 4 unspecified atom stereocenters. The summed E-state index contributed by atoms with van der Waals surface area (Å²) in [5.41, 5.74) is -15.1. The quantitative estimate of drug-likeness (QED) is 0.352. The molecule has 0 bridgehead atoms. The second kappa shape index (κ2) is 8.00. The first-order valence-electron chi connectivity index (χ1n) is 9.38. The molecule has 0 aliphatic carbocycles. The van der Waals surface area contributed by atoms with Gasteiger partial charge in [0.15, 0.2) is 5.41 Å². The molecule has 0 saturated carbocycles. The minimum Gasteiger partial charge on any atom is -0.417 e. The Morgan fingerprint density at radius 3 is 1.53 bits per heavy atom. The van der Waals surface area contributed by atoms with Crippen molar-refractivity contribution in [2.75, 3.05) is 0 Å². The smallest absolute Gasteiger partial charge is 0.417 e. The van der Waals surface area contributed by atoms with E-state index in [0.717, 1.165) is 0 Å². The van der Waals surface area contributed by atoms with E-state index >= 15 is 8.78 Å². The molecule has 0 radical (unpaired) electrons. The van der Waals surface area contributed by atoms with Crippen LogP contribution in [0.25, 0.3) is 0 Å². The molecule has 0 aromatic rings. The molecule has 0 aromatic heterocycles. The molecule has 0 aromatic carbocycles. The van der Waals surface area contributed by atoms with Gasteiger partial charge >= 0.3 is 42.1 Å². The lowest BCUT2D eigenvalue weighted by Gasteiger charge is -2.60. The van der Waals surface area contributed by atoms with Crippen molar-refractivity contribution >= 4 is 5.97 Å². The van der Waals surface area contributed by atoms with E-state index in [-0.39, 0.29) is 20.8 Å². The average molecular weight is 534 g/mol. The summed E-state index contributed by atoms with van der Waals surface area (Å²) in [4.78, 5) is 12.2. The molecular formula is C17H19F13O4. The normalized spacial score (nSPS) is 33.8. The number of esters is 1. The van der Waals surface area contributed by atoms with Crippen molar-refractivity contribution in [2.45, 2.75) is 94.3 Å². The second-order valence-corrected chi connectivity index (χ2v) is 7.83. The lowest BCUT2D eigenvalue weighted by Crippen LogP contribution is -2.87. The minimum absolute atomic E-state index is 0.113. The zero-order valence-corrected chi connectivity index (χ0v) is 17.7. The summed E-state index contributed by atoms with van der Waals surface area (Å²) < 4.78 is 189. The number of carbonyl (C=O) groups excluding carboxylic acids is 1. The fourth-order valence-electron chi connectivity index (χ4n) is 3.43. The number of hydrogen-bond donors (Lipinski definition) is 1. The summed E-state index contributed by atoms with van der Waals surface area (Å²) in [7, 11) is 0. The Balaban J connectivity index is 4.16. The molecule has 1 saturated heterocycles. The summed E-state index contributed by atoms with van der Waals surface area (Å²) in [6.07, 6.45) is -25.4. The summed E-state index contributed by atoms with van der Waals surface area (Å²) in [6.45, 7) is 0.740. The van der Waals surface area contributed by atoms with Crippen LogP contribution in [0.4, 0.5) is 57.1 Å². The number of ether oxygens (including phenoxy) is 2. The lowest BCUT2D eigenvalue weighted by atomic mass is 9.69. The van der Waals surface area contributed by atoms with E-state index in [1.54, 1.807) is 0 Å². The van der Waals surface area contributed by atoms with Gasteiger partial charge in [0.2, 0.25) is 11.2 Å². The van der Waals surface area contributed by atoms with E-state index in [2.05, 4.69) is 9.47 Å². The summed E-state index contributed by atoms with van der Waals surface area (Å²) in [6, 6.07) is 0. The van der Waals surface area contributed by atoms with Crippen molar-refractivity contribution in [3.8, 4) is 0 Å². The SMILES string of the molecule is CCC(C)(C(=O)OC1(C(F)(F)F)OC(CC)(C(F)(F)F)C(F)(F)C(O)(CC)C1(F)F)C(F)(F)F. The van der Waals surface area contributed by atoms with Gasteiger partial charge in [-0.05, 0) is 26.2 Å². The van der Waals surface area contributed by atoms with E-state index in [1.165, 1.54) is 0 Å². The number of alkyl halides is 13. The van der Waals surface area contributed by atoms with Crippen LogP contribution in [0.3, 0.4) is 0 Å². The molecule has 1 fully saturated rings. The van der Waals surface area contributed by atoms with Gasteiger partial charge in [0, 0.05) is 0 Å². The minimum atomic E-state index is -7.06. The molecule has 4 nitrogen and oxygen atoms in total. The number of hydrogen-bond acceptors (Lipinski definition) is 4. The highest BCUT2D eigenvalue weighted by molar-refractivity contribution is 5.78. The van der Waals surface area contributed by atoms with Crippen LogP contribution < -0.4 is 0 Å². The Morgan fingerprint density at radius 2 is 1.26 bits per heavy atom. The van der Waals surface area contributed by atoms with Crippen molar-refractivity contribution in [1.82, 2.24) is 0 Å². The molecule has 1 aliphatic rings. The van der Waals surface area contributed by atoms with Gasteiger partial charge in [0.1, 0.15) is 0 Å². The number of halogens is 13. The summed E-state index contributed by atoms with van der Waals surface area (Å²) in [5.74, 6) is -22.5. The maximum Gasteiger partial charge on any atom is 0.462 e. The molecule has 0 spiro atoms. The first kappa shape index (κ1) is 30.5. The Hall–Kier alpha value is -1.52. The third-order valence-corrected chi connectivity index (χ3v) is 6.14. The highest BCUT2D eigenvalue weighted by atomic mass is 19.4. The molecule has 1 aliphatic heterocycles. The molecule has 34 heavy (non-hydrogen) atoms. The average Bonchev–Trinajstić information content (AvgIpc) is 2.64. The topological polar surface area (TPSA) is 55.8 Å². The van der Waals surface area contributed by atoms with Crippen molar-refractivity contribution < 1.29 is 76.5 Å². The Kier molecular flexibility index (Phi) is 7.17. The number of carbonyl (C=O) groups is 1. The van der Waals surface area contributed by atoms with E-state index in [4.69, 9.17) is 0 Å². The van der Waals surface area contributed by atoms with Gasteiger partial charge in [-0.15, -0.1) is 0 Å². The monoisotopic (exact) mass is 534 g/mol. The fourth-order valence-corrected chi connectivity index (χ4v) is 3.43. The van der Waals surface area contributed by atoms with E-state index in [1.807, 2.05) is 0 Å². The Labute approximate surface area is 183 Å². The maximum atomic E-state index is 15.1. The Morgan fingerprint density at radius 1 is 0.824 bits per heavy atom. The molecule has 0 amide bonds. The number of aliphatic hydroxyl groups is 1. The first-order valence-corrected chi connectivity index (χ1v) is 9.38. The van der Waals surface area contributed by atoms with Crippen LogP contribution in [-0.4, -0.2) is 58.4 Å². The molecule has 4 atom stereocenters. The maximum absolute atomic E-state index is 15.1. The van der Waals surface area contributed by atoms with Crippen LogP contribution in [0.2, 0.25) is 0 Å². The molecule has 202 valence electrons. The van der Waals surface area contributed by atoms with Crippen molar-refractivity contribution in [1.29, 1.82) is 0 Å². The third kappa shape index (κ3) is 3.46. The van der Waals surface area contributed by atoms with E-state index in [9.17, 15) is 58.2 Å². The zero-order valence-electron chi connectivity index (χ0n) is 17.7. The number of rotatable bonds is 5. The lowest BCUT2D eigenvalue weighted by molar-refractivity contribution is -0.558. The second-order valence-electron chi connectivity index (χ2n) is 7.83. The van der Waals surface area contributed by atoms with Crippen LogP contribution in [0.15, 0.2) is 0 Å². The van der Waals surface area contributed by atoms with Gasteiger partial charge in [-0.1, -0.05) is 20.8 Å². The standard InChI is InChI=1S/C17H19F13O4/c1-5-9(4,15(22,23)24)8(31)33-14(17(28,29)30)13(20,21)10(32,6-2)12(18,19)11(7-3,34-14)16(25,26)27/h32H,5-7H2,1-4H3. The first-order chi connectivity index (χ1) is 14.8. The van der Waals surface area contributed by atoms with Gasteiger partial charge in [-0.25, -0.2) is 0 Å². The van der Waals surface area contributed by atoms with Crippen LogP contribution in [0.5, 0.6) is 0 Å². The van der Waals surface area contributed by atoms with E-state index < -0.39 is 78.0 Å². The molecule has 1 N–H and O–H groups in total. The van der Waals surface area contributed by atoms with Gasteiger partial charge < -0.3 is 14.6 Å². The molecule has 1 heterocycles. The van der Waals surface area contributed by atoms with Crippen molar-refractivity contribution in [3.05, 3.63) is 0 Å².